The average Bonchev–Trinajstić information content (AvgIpc) is 2.74. The van der Waals surface area contributed by atoms with E-state index in [2.05, 4.69) is 10.3 Å². The van der Waals surface area contributed by atoms with E-state index in [1.165, 1.54) is 0 Å². The second-order valence-corrected chi connectivity index (χ2v) is 6.35. The van der Waals surface area contributed by atoms with E-state index < -0.39 is 0 Å². The maximum absolute atomic E-state index is 12.9. The van der Waals surface area contributed by atoms with Crippen LogP contribution in [-0.2, 0) is 6.61 Å². The molecule has 5 heteroatoms. The summed E-state index contributed by atoms with van der Waals surface area (Å²) in [5.74, 6) is 0.995. The molecule has 0 bridgehead atoms. The molecule has 3 aromatic carbocycles. The zero-order chi connectivity index (χ0) is 19.3. The summed E-state index contributed by atoms with van der Waals surface area (Å²) in [4.78, 5) is 17.0. The second kappa shape index (κ2) is 7.80. The van der Waals surface area contributed by atoms with E-state index in [1.54, 1.807) is 12.3 Å². The number of hydrogen-bond donors (Lipinski definition) is 2. The molecule has 0 spiro atoms. The molecule has 0 atom stereocenters. The summed E-state index contributed by atoms with van der Waals surface area (Å²) in [6.45, 7) is 0.308. The third-order valence-corrected chi connectivity index (χ3v) is 4.45. The summed E-state index contributed by atoms with van der Waals surface area (Å²) in [6.07, 6.45) is 1.67. The maximum atomic E-state index is 12.9. The molecule has 1 aromatic heterocycles. The van der Waals surface area contributed by atoms with Gasteiger partial charge < -0.3 is 15.8 Å². The van der Waals surface area contributed by atoms with Gasteiger partial charge in [-0.05, 0) is 41.8 Å². The van der Waals surface area contributed by atoms with Crippen molar-refractivity contribution >= 4 is 28.2 Å². The van der Waals surface area contributed by atoms with Crippen molar-refractivity contribution in [2.75, 3.05) is 11.1 Å². The van der Waals surface area contributed by atoms with Crippen LogP contribution in [0.5, 0.6) is 5.75 Å². The molecule has 1 amide bonds. The van der Waals surface area contributed by atoms with Crippen LogP contribution < -0.4 is 15.8 Å². The number of nitrogens with one attached hydrogen (secondary N) is 1. The van der Waals surface area contributed by atoms with Crippen molar-refractivity contribution in [3.63, 3.8) is 0 Å². The third-order valence-electron chi connectivity index (χ3n) is 4.45. The molecule has 28 heavy (non-hydrogen) atoms. The topological polar surface area (TPSA) is 77.2 Å². The zero-order valence-electron chi connectivity index (χ0n) is 15.1. The molecular weight excluding hydrogens is 350 g/mol. The fraction of sp³-hybridized carbons (Fsp3) is 0.0435. The number of rotatable bonds is 5. The fourth-order valence-electron chi connectivity index (χ4n) is 3.01. The molecule has 138 valence electrons. The number of nitrogens with two attached hydrogens (primary N) is 1. The highest BCUT2D eigenvalue weighted by Gasteiger charge is 2.12. The number of amides is 1. The summed E-state index contributed by atoms with van der Waals surface area (Å²) in [7, 11) is 0. The largest absolute Gasteiger partial charge is 0.489 e. The van der Waals surface area contributed by atoms with Gasteiger partial charge >= 0.3 is 0 Å². The van der Waals surface area contributed by atoms with Crippen molar-refractivity contribution < 1.29 is 9.53 Å². The molecule has 0 aliphatic carbocycles. The lowest BCUT2D eigenvalue weighted by Crippen LogP contribution is -2.15. The van der Waals surface area contributed by atoms with Crippen molar-refractivity contribution in [1.29, 1.82) is 0 Å². The summed E-state index contributed by atoms with van der Waals surface area (Å²) in [5, 5.41) is 4.72. The van der Waals surface area contributed by atoms with Gasteiger partial charge in [-0.25, -0.2) is 4.98 Å². The molecule has 0 saturated carbocycles. The Balaban J connectivity index is 1.54. The van der Waals surface area contributed by atoms with Gasteiger partial charge in [0.25, 0.3) is 5.91 Å². The number of carbonyl (C=O) groups is 1. The van der Waals surface area contributed by atoms with Crippen LogP contribution in [0.4, 0.5) is 11.5 Å². The Morgan fingerprint density at radius 2 is 1.75 bits per heavy atom. The van der Waals surface area contributed by atoms with Gasteiger partial charge in [0, 0.05) is 28.4 Å². The Morgan fingerprint density at radius 3 is 2.61 bits per heavy atom. The highest BCUT2D eigenvalue weighted by molar-refractivity contribution is 6.06. The number of fused-ring (bicyclic) bond motifs is 1. The van der Waals surface area contributed by atoms with Crippen LogP contribution in [0.25, 0.3) is 10.8 Å². The maximum Gasteiger partial charge on any atom is 0.256 e. The van der Waals surface area contributed by atoms with Crippen molar-refractivity contribution in [3.8, 4) is 5.75 Å². The van der Waals surface area contributed by atoms with Crippen LogP contribution in [0.15, 0.2) is 85.1 Å². The lowest BCUT2D eigenvalue weighted by Gasteiger charge is -2.12. The standard InChI is InChI=1S/C23H19N3O2/c24-22-21-14-18(11-10-16(21)12-13-25-22)26-23(27)20-9-5-4-6-17(20)15-28-19-7-2-1-3-8-19/h1-14H,15H2,(H2,24,25)(H,26,27). The Bertz CT molecular complexity index is 1130. The van der Waals surface area contributed by atoms with E-state index in [4.69, 9.17) is 10.5 Å². The van der Waals surface area contributed by atoms with Crippen molar-refractivity contribution in [3.05, 3.63) is 96.2 Å². The van der Waals surface area contributed by atoms with E-state index in [0.29, 0.717) is 23.7 Å². The highest BCUT2D eigenvalue weighted by atomic mass is 16.5. The molecule has 4 aromatic rings. The molecule has 3 N–H and O–H groups in total. The molecular formula is C23H19N3O2. The minimum Gasteiger partial charge on any atom is -0.489 e. The lowest BCUT2D eigenvalue weighted by molar-refractivity contribution is 0.102. The molecule has 4 rings (SSSR count). The van der Waals surface area contributed by atoms with Crippen LogP contribution in [-0.4, -0.2) is 10.9 Å². The summed E-state index contributed by atoms with van der Waals surface area (Å²) >= 11 is 0. The van der Waals surface area contributed by atoms with Crippen molar-refractivity contribution in [2.45, 2.75) is 6.61 Å². The molecule has 5 nitrogen and oxygen atoms in total. The zero-order valence-corrected chi connectivity index (χ0v) is 15.1. The number of nitrogen functional groups attached to an aromatic ring is 1. The minimum atomic E-state index is -0.200. The van der Waals surface area contributed by atoms with Crippen molar-refractivity contribution in [1.82, 2.24) is 4.98 Å². The Labute approximate surface area is 162 Å². The number of anilines is 2. The summed E-state index contributed by atoms with van der Waals surface area (Å²) < 4.78 is 5.80. The first kappa shape index (κ1) is 17.5. The number of benzene rings is 3. The number of ether oxygens (including phenoxy) is 1. The van der Waals surface area contributed by atoms with Gasteiger partial charge in [0.05, 0.1) is 0 Å². The highest BCUT2D eigenvalue weighted by Crippen LogP contribution is 2.23. The first-order chi connectivity index (χ1) is 13.7. The number of carbonyl (C=O) groups excluding carboxylic acids is 1. The first-order valence-electron chi connectivity index (χ1n) is 8.92. The van der Waals surface area contributed by atoms with Gasteiger partial charge in [-0.15, -0.1) is 0 Å². The van der Waals surface area contributed by atoms with Crippen molar-refractivity contribution in [2.24, 2.45) is 0 Å². The van der Waals surface area contributed by atoms with Crippen LogP contribution in [0.3, 0.4) is 0 Å². The summed E-state index contributed by atoms with van der Waals surface area (Å²) in [6, 6.07) is 24.4. The van der Waals surface area contributed by atoms with Gasteiger partial charge in [-0.1, -0.05) is 42.5 Å². The monoisotopic (exact) mass is 369 g/mol. The van der Waals surface area contributed by atoms with E-state index in [-0.39, 0.29) is 5.91 Å². The molecule has 0 unspecified atom stereocenters. The predicted molar refractivity (Wildman–Crippen MR) is 111 cm³/mol. The molecule has 0 fully saturated rings. The summed E-state index contributed by atoms with van der Waals surface area (Å²) in [5.41, 5.74) is 7.99. The molecule has 0 radical (unpaired) electrons. The number of aromatic nitrogens is 1. The van der Waals surface area contributed by atoms with Gasteiger partial charge in [-0.2, -0.15) is 0 Å². The smallest absolute Gasteiger partial charge is 0.256 e. The van der Waals surface area contributed by atoms with E-state index in [9.17, 15) is 4.79 Å². The van der Waals surface area contributed by atoms with Crippen LogP contribution in [0, 0.1) is 0 Å². The first-order valence-corrected chi connectivity index (χ1v) is 8.92. The van der Waals surface area contributed by atoms with Crippen LogP contribution >= 0.6 is 0 Å². The van der Waals surface area contributed by atoms with Gasteiger partial charge in [0.1, 0.15) is 18.2 Å². The number of para-hydroxylation sites is 1. The molecule has 0 aliphatic heterocycles. The minimum absolute atomic E-state index is 0.200. The SMILES string of the molecule is Nc1nccc2ccc(NC(=O)c3ccccc3COc3ccccc3)cc12. The number of hydrogen-bond acceptors (Lipinski definition) is 4. The third kappa shape index (κ3) is 3.78. The fourth-order valence-corrected chi connectivity index (χ4v) is 3.01. The molecule has 0 aliphatic rings. The van der Waals surface area contributed by atoms with Gasteiger partial charge in [0.15, 0.2) is 0 Å². The lowest BCUT2D eigenvalue weighted by atomic mass is 10.1. The van der Waals surface area contributed by atoms with Gasteiger partial charge in [-0.3, -0.25) is 4.79 Å². The van der Waals surface area contributed by atoms with E-state index >= 15 is 0 Å². The Kier molecular flexibility index (Phi) is 4.89. The van der Waals surface area contributed by atoms with E-state index in [1.807, 2.05) is 72.8 Å². The normalized spacial score (nSPS) is 10.6. The van der Waals surface area contributed by atoms with Crippen LogP contribution in [0.2, 0.25) is 0 Å². The molecule has 1 heterocycles. The molecule has 0 saturated heterocycles. The quantitative estimate of drug-likeness (QED) is 0.537. The number of nitrogens with zero attached hydrogens (tertiary/aromatic N) is 1. The Morgan fingerprint density at radius 1 is 0.964 bits per heavy atom. The van der Waals surface area contributed by atoms with Gasteiger partial charge in [0.2, 0.25) is 0 Å². The average molecular weight is 369 g/mol. The second-order valence-electron chi connectivity index (χ2n) is 6.35. The Hall–Kier alpha value is -3.86. The van der Waals surface area contributed by atoms with E-state index in [0.717, 1.165) is 22.1 Å². The number of pyridine rings is 1. The predicted octanol–water partition coefficient (Wildman–Crippen LogP) is 4.65. The van der Waals surface area contributed by atoms with Crippen LogP contribution in [0.1, 0.15) is 15.9 Å².